The third-order valence-corrected chi connectivity index (χ3v) is 9.64. The van der Waals surface area contributed by atoms with Crippen LogP contribution in [-0.2, 0) is 14.0 Å². The van der Waals surface area contributed by atoms with Gasteiger partial charge in [0.15, 0.2) is 0 Å². The molecule has 2 aromatic rings. The summed E-state index contributed by atoms with van der Waals surface area (Å²) in [6.45, 7) is 8.71. The maximum atomic E-state index is 12.0. The first-order valence-electron chi connectivity index (χ1n) is 8.85. The van der Waals surface area contributed by atoms with E-state index in [4.69, 9.17) is 9.16 Å². The van der Waals surface area contributed by atoms with E-state index in [0.29, 0.717) is 5.57 Å². The van der Waals surface area contributed by atoms with Gasteiger partial charge in [0, 0.05) is 0 Å². The van der Waals surface area contributed by atoms with E-state index in [1.54, 1.807) is 6.08 Å². The molecule has 0 spiro atoms. The minimum absolute atomic E-state index is 0.120. The summed E-state index contributed by atoms with van der Waals surface area (Å²) in [5.41, 5.74) is 0.542. The topological polar surface area (TPSA) is 35.5 Å². The standard InChI is InChI=1S/C22H28O3Si/c1-6-18(21(23)24-5)17-25-26(22(2,3)4,19-13-9-7-10-14-19)20-15-11-8-12-16-20/h6-16H,17H2,1-5H3/b18-6+. The molecule has 0 bridgehead atoms. The molecule has 0 saturated carbocycles. The lowest BCUT2D eigenvalue weighted by Gasteiger charge is -2.43. The summed E-state index contributed by atoms with van der Waals surface area (Å²) < 4.78 is 11.6. The first kappa shape index (κ1) is 20.1. The second kappa shape index (κ2) is 8.47. The Morgan fingerprint density at radius 2 is 1.42 bits per heavy atom. The van der Waals surface area contributed by atoms with Gasteiger partial charge < -0.3 is 9.16 Å². The summed E-state index contributed by atoms with van der Waals surface area (Å²) in [5, 5.41) is 2.27. The largest absolute Gasteiger partial charge is 0.466 e. The van der Waals surface area contributed by atoms with Crippen molar-refractivity contribution in [3.8, 4) is 0 Å². The molecule has 0 saturated heterocycles. The molecule has 0 aromatic heterocycles. The second-order valence-electron chi connectivity index (χ2n) is 7.26. The lowest BCUT2D eigenvalue weighted by atomic mass is 10.2. The van der Waals surface area contributed by atoms with Crippen LogP contribution in [0.1, 0.15) is 27.7 Å². The molecule has 0 aliphatic heterocycles. The van der Waals surface area contributed by atoms with Crippen LogP contribution in [0.3, 0.4) is 0 Å². The predicted octanol–water partition coefficient (Wildman–Crippen LogP) is 3.68. The predicted molar refractivity (Wildman–Crippen MR) is 109 cm³/mol. The smallest absolute Gasteiger partial charge is 0.335 e. The highest BCUT2D eigenvalue weighted by molar-refractivity contribution is 6.99. The van der Waals surface area contributed by atoms with Crippen molar-refractivity contribution < 1.29 is 14.0 Å². The molecule has 0 heterocycles. The molecule has 3 nitrogen and oxygen atoms in total. The summed E-state index contributed by atoms with van der Waals surface area (Å²) in [6, 6.07) is 20.8. The Bertz CT molecular complexity index is 706. The van der Waals surface area contributed by atoms with Crippen molar-refractivity contribution in [3.05, 3.63) is 72.3 Å². The van der Waals surface area contributed by atoms with Gasteiger partial charge in [0.05, 0.1) is 19.3 Å². The minimum atomic E-state index is -2.64. The molecule has 0 fully saturated rings. The molecule has 0 amide bonds. The van der Waals surface area contributed by atoms with Crippen LogP contribution in [0.15, 0.2) is 72.3 Å². The molecule has 26 heavy (non-hydrogen) atoms. The number of hydrogen-bond acceptors (Lipinski definition) is 3. The number of methoxy groups -OCH3 is 1. The van der Waals surface area contributed by atoms with E-state index in [9.17, 15) is 4.79 Å². The van der Waals surface area contributed by atoms with Crippen LogP contribution >= 0.6 is 0 Å². The van der Waals surface area contributed by atoms with E-state index in [1.165, 1.54) is 17.5 Å². The Morgan fingerprint density at radius 1 is 0.962 bits per heavy atom. The van der Waals surface area contributed by atoms with Crippen molar-refractivity contribution in [1.29, 1.82) is 0 Å². The lowest BCUT2D eigenvalue weighted by molar-refractivity contribution is -0.136. The third kappa shape index (κ3) is 3.97. The molecule has 0 N–H and O–H groups in total. The number of esters is 1. The molecular formula is C22H28O3Si. The van der Waals surface area contributed by atoms with Gasteiger partial charge in [-0.15, -0.1) is 0 Å². The number of ether oxygens (including phenoxy) is 1. The Labute approximate surface area is 157 Å². The molecule has 138 valence electrons. The molecule has 0 unspecified atom stereocenters. The van der Waals surface area contributed by atoms with E-state index in [1.807, 2.05) is 43.3 Å². The van der Waals surface area contributed by atoms with Crippen LogP contribution in [0.25, 0.3) is 0 Å². The summed E-state index contributed by atoms with van der Waals surface area (Å²) >= 11 is 0. The highest BCUT2D eigenvalue weighted by atomic mass is 28.4. The zero-order valence-corrected chi connectivity index (χ0v) is 17.3. The van der Waals surface area contributed by atoms with Gasteiger partial charge in [0.25, 0.3) is 8.32 Å². The normalized spacial score (nSPS) is 12.7. The SMILES string of the molecule is C/C=C(\CO[Si](c1ccccc1)(c1ccccc1)C(C)(C)C)C(=O)OC. The van der Waals surface area contributed by atoms with Gasteiger partial charge in [-0.05, 0) is 22.3 Å². The maximum Gasteiger partial charge on any atom is 0.335 e. The number of benzene rings is 2. The van der Waals surface area contributed by atoms with Crippen molar-refractivity contribution in [2.75, 3.05) is 13.7 Å². The highest BCUT2D eigenvalue weighted by Crippen LogP contribution is 2.37. The first-order valence-corrected chi connectivity index (χ1v) is 10.8. The van der Waals surface area contributed by atoms with Gasteiger partial charge in [0.1, 0.15) is 0 Å². The zero-order chi connectivity index (χ0) is 19.2. The van der Waals surface area contributed by atoms with Gasteiger partial charge in [0.2, 0.25) is 0 Å². The molecule has 4 heteroatoms. The zero-order valence-electron chi connectivity index (χ0n) is 16.3. The molecule has 2 aromatic carbocycles. The summed E-state index contributed by atoms with van der Waals surface area (Å²) in [6.07, 6.45) is 1.77. The minimum Gasteiger partial charge on any atom is -0.466 e. The number of hydrogen-bond donors (Lipinski definition) is 0. The quantitative estimate of drug-likeness (QED) is 0.443. The van der Waals surface area contributed by atoms with E-state index in [2.05, 4.69) is 45.0 Å². The number of carbonyl (C=O) groups excluding carboxylic acids is 1. The van der Waals surface area contributed by atoms with E-state index in [0.717, 1.165) is 0 Å². The number of allylic oxidation sites excluding steroid dienone is 1. The molecular weight excluding hydrogens is 340 g/mol. The molecule has 0 radical (unpaired) electrons. The van der Waals surface area contributed by atoms with Gasteiger partial charge >= 0.3 is 5.97 Å². The van der Waals surface area contributed by atoms with Crippen LogP contribution in [0.4, 0.5) is 0 Å². The van der Waals surface area contributed by atoms with Gasteiger partial charge in [-0.3, -0.25) is 0 Å². The van der Waals surface area contributed by atoms with Crippen molar-refractivity contribution in [2.45, 2.75) is 32.7 Å². The Balaban J connectivity index is 2.59. The average Bonchev–Trinajstić information content (AvgIpc) is 2.65. The van der Waals surface area contributed by atoms with Gasteiger partial charge in [-0.2, -0.15) is 0 Å². The van der Waals surface area contributed by atoms with Crippen LogP contribution in [0, 0.1) is 0 Å². The summed E-state index contributed by atoms with van der Waals surface area (Å²) in [4.78, 5) is 12.0. The van der Waals surface area contributed by atoms with Crippen LogP contribution in [-0.4, -0.2) is 28.0 Å². The fraction of sp³-hybridized carbons (Fsp3) is 0.318. The molecule has 0 atom stereocenters. The molecule has 0 aliphatic carbocycles. The molecule has 2 rings (SSSR count). The summed E-state index contributed by atoms with van der Waals surface area (Å²) in [5.74, 6) is -0.342. The number of carbonyl (C=O) groups is 1. The Hall–Kier alpha value is -2.17. The van der Waals surface area contributed by atoms with E-state index in [-0.39, 0.29) is 17.6 Å². The molecule has 0 aliphatic rings. The van der Waals surface area contributed by atoms with Gasteiger partial charge in [-0.25, -0.2) is 4.79 Å². The van der Waals surface area contributed by atoms with E-state index >= 15 is 0 Å². The fourth-order valence-corrected chi connectivity index (χ4v) is 7.87. The Morgan fingerprint density at radius 3 is 1.77 bits per heavy atom. The summed E-state index contributed by atoms with van der Waals surface area (Å²) in [7, 11) is -1.24. The van der Waals surface area contributed by atoms with Crippen LogP contribution in [0.5, 0.6) is 0 Å². The average molecular weight is 369 g/mol. The number of rotatable bonds is 6. The van der Waals surface area contributed by atoms with Crippen molar-refractivity contribution in [3.63, 3.8) is 0 Å². The first-order chi connectivity index (χ1) is 12.4. The van der Waals surface area contributed by atoms with E-state index < -0.39 is 8.32 Å². The lowest BCUT2D eigenvalue weighted by Crippen LogP contribution is -2.66. The fourth-order valence-electron chi connectivity index (χ4n) is 3.34. The van der Waals surface area contributed by atoms with Crippen molar-refractivity contribution in [1.82, 2.24) is 0 Å². The van der Waals surface area contributed by atoms with Crippen molar-refractivity contribution >= 4 is 24.7 Å². The highest BCUT2D eigenvalue weighted by Gasteiger charge is 2.50. The van der Waals surface area contributed by atoms with Crippen LogP contribution in [0.2, 0.25) is 5.04 Å². The Kier molecular flexibility index (Phi) is 6.56. The third-order valence-electron chi connectivity index (χ3n) is 4.66. The maximum absolute atomic E-state index is 12.0. The second-order valence-corrected chi connectivity index (χ2v) is 11.6. The van der Waals surface area contributed by atoms with Gasteiger partial charge in [-0.1, -0.05) is 87.5 Å². The van der Waals surface area contributed by atoms with Crippen molar-refractivity contribution in [2.24, 2.45) is 0 Å². The monoisotopic (exact) mass is 368 g/mol. The van der Waals surface area contributed by atoms with Crippen LogP contribution < -0.4 is 10.4 Å².